The van der Waals surface area contributed by atoms with Gasteiger partial charge >= 0.3 is 0 Å². The van der Waals surface area contributed by atoms with Crippen LogP contribution >= 0.6 is 0 Å². The van der Waals surface area contributed by atoms with Gasteiger partial charge < -0.3 is 5.32 Å². The van der Waals surface area contributed by atoms with Gasteiger partial charge in [0.1, 0.15) is 23.1 Å². The lowest BCUT2D eigenvalue weighted by Gasteiger charge is -2.07. The highest BCUT2D eigenvalue weighted by molar-refractivity contribution is 5.91. The fourth-order valence-corrected chi connectivity index (χ4v) is 1.77. The molecule has 2 nitrogen and oxygen atoms in total. The first kappa shape index (κ1) is 14.1. The Balaban J connectivity index is 1.98. The van der Waals surface area contributed by atoms with Crippen molar-refractivity contribution in [2.45, 2.75) is 12.8 Å². The van der Waals surface area contributed by atoms with Crippen LogP contribution in [0.2, 0.25) is 0 Å². The molecule has 0 bridgehead atoms. The van der Waals surface area contributed by atoms with Crippen LogP contribution in [0.15, 0.2) is 42.5 Å². The monoisotopic (exact) mass is 279 g/mol. The van der Waals surface area contributed by atoms with Crippen LogP contribution in [0, 0.1) is 17.5 Å². The summed E-state index contributed by atoms with van der Waals surface area (Å²) < 4.78 is 40.0. The molecular formula is C15H12F3NO. The van der Waals surface area contributed by atoms with Crippen molar-refractivity contribution >= 4 is 11.6 Å². The zero-order valence-corrected chi connectivity index (χ0v) is 10.5. The molecule has 0 saturated heterocycles. The summed E-state index contributed by atoms with van der Waals surface area (Å²) in [5.74, 6) is -2.66. The average molecular weight is 279 g/mol. The molecule has 1 N–H and O–H groups in total. The molecule has 0 aliphatic heterocycles. The Kier molecular flexibility index (Phi) is 4.40. The summed E-state index contributed by atoms with van der Waals surface area (Å²) in [4.78, 5) is 11.6. The average Bonchev–Trinajstić information content (AvgIpc) is 2.42. The standard InChI is InChI=1S/C15H12F3NO/c16-11-5-2-1-4-10(11)8-9-14(20)19-15-12(17)6-3-7-13(15)18/h1-7H,8-9H2,(H,19,20). The maximum Gasteiger partial charge on any atom is 0.224 e. The Morgan fingerprint density at radius 3 is 2.15 bits per heavy atom. The molecule has 1 amide bonds. The molecule has 0 heterocycles. The first-order valence-corrected chi connectivity index (χ1v) is 6.05. The number of anilines is 1. The van der Waals surface area contributed by atoms with Crippen molar-refractivity contribution in [2.75, 3.05) is 5.32 Å². The summed E-state index contributed by atoms with van der Waals surface area (Å²) in [6.45, 7) is 0. The molecule has 2 aromatic carbocycles. The molecule has 0 aromatic heterocycles. The second kappa shape index (κ2) is 6.23. The number of nitrogens with one attached hydrogen (secondary N) is 1. The maximum atomic E-state index is 13.3. The lowest BCUT2D eigenvalue weighted by molar-refractivity contribution is -0.116. The van der Waals surface area contributed by atoms with Gasteiger partial charge in [-0.1, -0.05) is 24.3 Å². The number of amides is 1. The van der Waals surface area contributed by atoms with Crippen molar-refractivity contribution in [3.63, 3.8) is 0 Å². The molecule has 0 saturated carbocycles. The number of para-hydroxylation sites is 1. The zero-order chi connectivity index (χ0) is 14.5. The normalized spacial score (nSPS) is 10.3. The fourth-order valence-electron chi connectivity index (χ4n) is 1.77. The first-order valence-electron chi connectivity index (χ1n) is 6.05. The summed E-state index contributed by atoms with van der Waals surface area (Å²) in [5.41, 5.74) is -0.0947. The molecule has 0 atom stereocenters. The molecule has 0 unspecified atom stereocenters. The Morgan fingerprint density at radius 1 is 0.900 bits per heavy atom. The van der Waals surface area contributed by atoms with E-state index in [0.717, 1.165) is 12.1 Å². The minimum absolute atomic E-state index is 0.0608. The van der Waals surface area contributed by atoms with Gasteiger partial charge in [0.2, 0.25) is 5.91 Å². The lowest BCUT2D eigenvalue weighted by Crippen LogP contribution is -2.15. The number of aryl methyl sites for hydroxylation is 1. The third-order valence-corrected chi connectivity index (χ3v) is 2.81. The van der Waals surface area contributed by atoms with Crippen LogP contribution in [0.5, 0.6) is 0 Å². The smallest absolute Gasteiger partial charge is 0.224 e. The van der Waals surface area contributed by atoms with Crippen LogP contribution in [-0.2, 0) is 11.2 Å². The predicted molar refractivity (Wildman–Crippen MR) is 69.7 cm³/mol. The SMILES string of the molecule is O=C(CCc1ccccc1F)Nc1c(F)cccc1F. The highest BCUT2D eigenvalue weighted by atomic mass is 19.1. The fraction of sp³-hybridized carbons (Fsp3) is 0.133. The van der Waals surface area contributed by atoms with Crippen LogP contribution in [-0.4, -0.2) is 5.91 Å². The van der Waals surface area contributed by atoms with E-state index in [0.29, 0.717) is 5.56 Å². The van der Waals surface area contributed by atoms with Gasteiger partial charge in [0.15, 0.2) is 0 Å². The Morgan fingerprint density at radius 2 is 1.50 bits per heavy atom. The molecular weight excluding hydrogens is 267 g/mol. The molecule has 2 rings (SSSR count). The largest absolute Gasteiger partial charge is 0.321 e. The number of carbonyl (C=O) groups is 1. The molecule has 0 radical (unpaired) electrons. The van der Waals surface area contributed by atoms with E-state index >= 15 is 0 Å². The number of halogens is 3. The highest BCUT2D eigenvalue weighted by Crippen LogP contribution is 2.18. The van der Waals surface area contributed by atoms with Crippen molar-refractivity contribution in [3.05, 3.63) is 65.5 Å². The molecule has 0 fully saturated rings. The number of carbonyl (C=O) groups excluding carboxylic acids is 1. The molecule has 5 heteroatoms. The van der Waals surface area contributed by atoms with E-state index in [1.807, 2.05) is 0 Å². The van der Waals surface area contributed by atoms with Crippen LogP contribution in [0.3, 0.4) is 0 Å². The van der Waals surface area contributed by atoms with Gasteiger partial charge in [0, 0.05) is 6.42 Å². The zero-order valence-electron chi connectivity index (χ0n) is 10.5. The van der Waals surface area contributed by atoms with Crippen LogP contribution in [0.25, 0.3) is 0 Å². The topological polar surface area (TPSA) is 29.1 Å². The predicted octanol–water partition coefficient (Wildman–Crippen LogP) is 3.68. The van der Waals surface area contributed by atoms with Crippen molar-refractivity contribution in [2.24, 2.45) is 0 Å². The summed E-state index contributed by atoms with van der Waals surface area (Å²) >= 11 is 0. The van der Waals surface area contributed by atoms with E-state index in [9.17, 15) is 18.0 Å². The second-order valence-corrected chi connectivity index (χ2v) is 4.24. The van der Waals surface area contributed by atoms with Gasteiger partial charge in [0.25, 0.3) is 0 Å². The van der Waals surface area contributed by atoms with Crippen molar-refractivity contribution in [1.82, 2.24) is 0 Å². The Labute approximate surface area is 114 Å². The van der Waals surface area contributed by atoms with Crippen LogP contribution < -0.4 is 5.32 Å². The van der Waals surface area contributed by atoms with E-state index < -0.39 is 29.0 Å². The van der Waals surface area contributed by atoms with E-state index in [1.54, 1.807) is 18.2 Å². The molecule has 104 valence electrons. The maximum absolute atomic E-state index is 13.3. The van der Waals surface area contributed by atoms with Gasteiger partial charge in [-0.3, -0.25) is 4.79 Å². The summed E-state index contributed by atoms with van der Waals surface area (Å²) in [5, 5.41) is 2.16. The Bertz CT molecular complexity index is 608. The number of hydrogen-bond donors (Lipinski definition) is 1. The third kappa shape index (κ3) is 3.38. The summed E-state index contributed by atoms with van der Waals surface area (Å²) in [6, 6.07) is 9.38. The van der Waals surface area contributed by atoms with E-state index in [-0.39, 0.29) is 12.8 Å². The van der Waals surface area contributed by atoms with Gasteiger partial charge in [0.05, 0.1) is 0 Å². The molecule has 20 heavy (non-hydrogen) atoms. The lowest BCUT2D eigenvalue weighted by atomic mass is 10.1. The van der Waals surface area contributed by atoms with Gasteiger partial charge in [-0.05, 0) is 30.2 Å². The second-order valence-electron chi connectivity index (χ2n) is 4.24. The number of rotatable bonds is 4. The summed E-state index contributed by atoms with van der Waals surface area (Å²) in [6.07, 6.45) is 0.100. The quantitative estimate of drug-likeness (QED) is 0.909. The first-order chi connectivity index (χ1) is 9.58. The van der Waals surface area contributed by atoms with E-state index in [4.69, 9.17) is 0 Å². The minimum atomic E-state index is -0.843. The van der Waals surface area contributed by atoms with Gasteiger partial charge in [-0.2, -0.15) is 0 Å². The summed E-state index contributed by atoms with van der Waals surface area (Å²) in [7, 11) is 0. The van der Waals surface area contributed by atoms with E-state index in [2.05, 4.69) is 5.32 Å². The molecule has 0 aliphatic rings. The van der Waals surface area contributed by atoms with E-state index in [1.165, 1.54) is 12.1 Å². The highest BCUT2D eigenvalue weighted by Gasteiger charge is 2.12. The Hall–Kier alpha value is -2.30. The van der Waals surface area contributed by atoms with Crippen molar-refractivity contribution < 1.29 is 18.0 Å². The van der Waals surface area contributed by atoms with Crippen LogP contribution in [0.4, 0.5) is 18.9 Å². The minimum Gasteiger partial charge on any atom is -0.321 e. The van der Waals surface area contributed by atoms with Gasteiger partial charge in [-0.25, -0.2) is 13.2 Å². The van der Waals surface area contributed by atoms with Crippen molar-refractivity contribution in [1.29, 1.82) is 0 Å². The number of hydrogen-bond acceptors (Lipinski definition) is 1. The third-order valence-electron chi connectivity index (χ3n) is 2.81. The number of benzene rings is 2. The van der Waals surface area contributed by atoms with Crippen LogP contribution in [0.1, 0.15) is 12.0 Å². The molecule has 0 aliphatic carbocycles. The molecule has 2 aromatic rings. The molecule has 0 spiro atoms. The van der Waals surface area contributed by atoms with Gasteiger partial charge in [-0.15, -0.1) is 0 Å². The van der Waals surface area contributed by atoms with Crippen molar-refractivity contribution in [3.8, 4) is 0 Å².